The molecule has 1 aliphatic heterocycles. The molecule has 0 radical (unpaired) electrons. The Kier molecular flexibility index (Phi) is 5.17. The molecule has 20 heavy (non-hydrogen) atoms. The van der Waals surface area contributed by atoms with Gasteiger partial charge in [-0.25, -0.2) is 18.1 Å². The number of nitrogens with one attached hydrogen (secondary N) is 2. The van der Waals surface area contributed by atoms with Gasteiger partial charge in [-0.3, -0.25) is 0 Å². The summed E-state index contributed by atoms with van der Waals surface area (Å²) in [5.74, 6) is 0.430. The lowest BCUT2D eigenvalue weighted by Gasteiger charge is -2.23. The van der Waals surface area contributed by atoms with Gasteiger partial charge < -0.3 is 5.32 Å². The molecule has 0 saturated carbocycles. The Balaban J connectivity index is 1.98. The van der Waals surface area contributed by atoms with Gasteiger partial charge in [0.05, 0.1) is 22.5 Å². The van der Waals surface area contributed by atoms with Crippen LogP contribution in [0, 0.1) is 19.8 Å². The molecule has 5 nitrogen and oxygen atoms in total. The number of nitrogens with zero attached hydrogens (tertiary/aromatic N) is 1. The summed E-state index contributed by atoms with van der Waals surface area (Å²) in [4.78, 5) is 5.36. The second kappa shape index (κ2) is 6.51. The van der Waals surface area contributed by atoms with E-state index in [4.69, 9.17) is 0 Å². The van der Waals surface area contributed by atoms with Crippen molar-refractivity contribution in [2.24, 2.45) is 5.92 Å². The van der Waals surface area contributed by atoms with E-state index in [1.165, 1.54) is 0 Å². The molecular formula is C13H23N3O2S2. The Morgan fingerprint density at radius 1 is 1.50 bits per heavy atom. The minimum atomic E-state index is -3.25. The Morgan fingerprint density at radius 2 is 2.25 bits per heavy atom. The van der Waals surface area contributed by atoms with E-state index < -0.39 is 10.0 Å². The number of hydrogen-bond acceptors (Lipinski definition) is 5. The lowest BCUT2D eigenvalue weighted by molar-refractivity contribution is 0.402. The maximum absolute atomic E-state index is 12.2. The number of rotatable bonds is 5. The van der Waals surface area contributed by atoms with Gasteiger partial charge in [-0.05, 0) is 52.6 Å². The zero-order valence-electron chi connectivity index (χ0n) is 12.3. The van der Waals surface area contributed by atoms with Crippen LogP contribution >= 0.6 is 11.3 Å². The fraction of sp³-hybridized carbons (Fsp3) is 0.769. The second-order valence-corrected chi connectivity index (χ2v) is 8.55. The number of aryl methyl sites for hydroxylation is 2. The molecule has 1 saturated heterocycles. The topological polar surface area (TPSA) is 71.1 Å². The predicted octanol–water partition coefficient (Wildman–Crippen LogP) is 1.74. The first-order valence-corrected chi connectivity index (χ1v) is 9.49. The van der Waals surface area contributed by atoms with E-state index >= 15 is 0 Å². The summed E-state index contributed by atoms with van der Waals surface area (Å²) >= 11 is 1.56. The van der Waals surface area contributed by atoms with Crippen LogP contribution in [0.15, 0.2) is 0 Å². The van der Waals surface area contributed by atoms with E-state index in [1.807, 2.05) is 20.8 Å². The van der Waals surface area contributed by atoms with E-state index in [0.717, 1.165) is 41.5 Å². The maximum atomic E-state index is 12.2. The molecule has 2 atom stereocenters. The quantitative estimate of drug-likeness (QED) is 0.868. The van der Waals surface area contributed by atoms with E-state index in [2.05, 4.69) is 15.0 Å². The predicted molar refractivity (Wildman–Crippen MR) is 82.5 cm³/mol. The SMILES string of the molecule is Cc1nc(C)c(C(C)NS(=O)(=O)CC2CCCNC2)s1. The smallest absolute Gasteiger partial charge is 0.212 e. The average Bonchev–Trinajstić information content (AvgIpc) is 2.68. The number of hydrogen-bond donors (Lipinski definition) is 2. The van der Waals surface area contributed by atoms with Gasteiger partial charge in [-0.1, -0.05) is 0 Å². The standard InChI is InChI=1S/C13H23N3O2S2/c1-9-13(19-11(3)15-9)10(2)16-20(17,18)8-12-5-4-6-14-7-12/h10,12,14,16H,4-8H2,1-3H3. The Hall–Kier alpha value is -0.500. The average molecular weight is 317 g/mol. The molecule has 1 aromatic heterocycles. The summed E-state index contributed by atoms with van der Waals surface area (Å²) in [7, 11) is -3.25. The van der Waals surface area contributed by atoms with Gasteiger partial charge in [-0.15, -0.1) is 11.3 Å². The van der Waals surface area contributed by atoms with Gasteiger partial charge >= 0.3 is 0 Å². The van der Waals surface area contributed by atoms with Crippen molar-refractivity contribution in [2.75, 3.05) is 18.8 Å². The number of thiazole rings is 1. The van der Waals surface area contributed by atoms with Crippen molar-refractivity contribution in [3.05, 3.63) is 15.6 Å². The van der Waals surface area contributed by atoms with Gasteiger partial charge in [0.25, 0.3) is 0 Å². The number of sulfonamides is 1. The summed E-state index contributed by atoms with van der Waals surface area (Å²) in [6.07, 6.45) is 2.05. The van der Waals surface area contributed by atoms with E-state index in [-0.39, 0.29) is 17.7 Å². The monoisotopic (exact) mass is 317 g/mol. The van der Waals surface area contributed by atoms with Crippen LogP contribution in [-0.2, 0) is 10.0 Å². The summed E-state index contributed by atoms with van der Waals surface area (Å²) in [6, 6.07) is -0.206. The summed E-state index contributed by atoms with van der Waals surface area (Å²) < 4.78 is 27.3. The molecule has 2 N–H and O–H groups in total. The van der Waals surface area contributed by atoms with Crippen LogP contribution in [0.4, 0.5) is 0 Å². The minimum absolute atomic E-state index is 0.206. The molecule has 0 aliphatic carbocycles. The van der Waals surface area contributed by atoms with Crippen LogP contribution in [-0.4, -0.2) is 32.2 Å². The van der Waals surface area contributed by atoms with Crippen molar-refractivity contribution in [3.63, 3.8) is 0 Å². The van der Waals surface area contributed by atoms with E-state index in [1.54, 1.807) is 11.3 Å². The van der Waals surface area contributed by atoms with Crippen LogP contribution in [0.5, 0.6) is 0 Å². The van der Waals surface area contributed by atoms with Gasteiger partial charge in [0.2, 0.25) is 10.0 Å². The van der Waals surface area contributed by atoms with Crippen LogP contribution in [0.3, 0.4) is 0 Å². The third-order valence-corrected chi connectivity index (χ3v) is 6.42. The van der Waals surface area contributed by atoms with Crippen molar-refractivity contribution >= 4 is 21.4 Å². The van der Waals surface area contributed by atoms with Gasteiger partial charge in [0, 0.05) is 4.88 Å². The first-order valence-electron chi connectivity index (χ1n) is 7.02. The molecule has 0 amide bonds. The van der Waals surface area contributed by atoms with Crippen LogP contribution in [0.2, 0.25) is 0 Å². The lowest BCUT2D eigenvalue weighted by Crippen LogP contribution is -2.38. The highest BCUT2D eigenvalue weighted by Gasteiger charge is 2.24. The summed E-state index contributed by atoms with van der Waals surface area (Å²) in [5.41, 5.74) is 0.919. The minimum Gasteiger partial charge on any atom is -0.316 e. The summed E-state index contributed by atoms with van der Waals surface area (Å²) in [5, 5.41) is 4.23. The maximum Gasteiger partial charge on any atom is 0.212 e. The molecule has 7 heteroatoms. The largest absolute Gasteiger partial charge is 0.316 e. The highest BCUT2D eigenvalue weighted by atomic mass is 32.2. The molecule has 0 aromatic carbocycles. The van der Waals surface area contributed by atoms with Crippen molar-refractivity contribution in [1.29, 1.82) is 0 Å². The molecule has 0 spiro atoms. The zero-order valence-corrected chi connectivity index (χ0v) is 13.9. The third kappa shape index (κ3) is 4.25. The normalized spacial score (nSPS) is 21.9. The highest BCUT2D eigenvalue weighted by molar-refractivity contribution is 7.89. The third-order valence-electron chi connectivity index (χ3n) is 3.54. The second-order valence-electron chi connectivity index (χ2n) is 5.52. The van der Waals surface area contributed by atoms with Crippen molar-refractivity contribution < 1.29 is 8.42 Å². The molecule has 1 aromatic rings. The number of aromatic nitrogens is 1. The van der Waals surface area contributed by atoms with Gasteiger partial charge in [0.1, 0.15) is 0 Å². The lowest BCUT2D eigenvalue weighted by atomic mass is 10.0. The molecule has 1 aliphatic rings. The molecule has 0 bridgehead atoms. The molecule has 1 fully saturated rings. The fourth-order valence-electron chi connectivity index (χ4n) is 2.70. The van der Waals surface area contributed by atoms with Crippen LogP contribution < -0.4 is 10.0 Å². The zero-order chi connectivity index (χ0) is 14.8. The van der Waals surface area contributed by atoms with E-state index in [0.29, 0.717) is 0 Å². The first-order chi connectivity index (χ1) is 9.37. The molecule has 2 heterocycles. The first kappa shape index (κ1) is 15.9. The summed E-state index contributed by atoms with van der Waals surface area (Å²) in [6.45, 7) is 7.55. The Labute approximate surface area is 125 Å². The molecule has 2 rings (SSSR count). The van der Waals surface area contributed by atoms with Gasteiger partial charge in [0.15, 0.2) is 0 Å². The van der Waals surface area contributed by atoms with Crippen LogP contribution in [0.1, 0.15) is 41.4 Å². The highest BCUT2D eigenvalue weighted by Crippen LogP contribution is 2.25. The molecule has 114 valence electrons. The Bertz CT molecular complexity index is 548. The van der Waals surface area contributed by atoms with Crippen molar-refractivity contribution in [1.82, 2.24) is 15.0 Å². The number of piperidine rings is 1. The molecule has 2 unspecified atom stereocenters. The fourth-order valence-corrected chi connectivity index (χ4v) is 5.36. The van der Waals surface area contributed by atoms with Crippen molar-refractivity contribution in [2.45, 2.75) is 39.7 Å². The van der Waals surface area contributed by atoms with Gasteiger partial charge in [-0.2, -0.15) is 0 Å². The van der Waals surface area contributed by atoms with Crippen LogP contribution in [0.25, 0.3) is 0 Å². The van der Waals surface area contributed by atoms with Crippen molar-refractivity contribution in [3.8, 4) is 0 Å². The van der Waals surface area contributed by atoms with E-state index in [9.17, 15) is 8.42 Å². The molecular weight excluding hydrogens is 294 g/mol. The Morgan fingerprint density at radius 3 is 2.80 bits per heavy atom.